The molecular formula is C24H22ClN3O3S. The number of fused-ring (bicyclic) bond motifs is 1. The van der Waals surface area contributed by atoms with E-state index in [-0.39, 0.29) is 5.56 Å². The predicted octanol–water partition coefficient (Wildman–Crippen LogP) is 3.13. The van der Waals surface area contributed by atoms with Crippen LogP contribution in [0.1, 0.15) is 24.1 Å². The van der Waals surface area contributed by atoms with Gasteiger partial charge < -0.3 is 9.64 Å². The summed E-state index contributed by atoms with van der Waals surface area (Å²) < 4.78 is 7.07. The standard InChI is InChI=1S/C24H22ClN3O3S/c1-14-20(23(30)31-4)21(17-7-5-6-8-18(17)25)28-22(29)19(32-24(28)26-14)13-15-9-11-16(12-10-15)27(2)3/h5-13,21H,1-4H3/b19-13+. The molecule has 1 unspecified atom stereocenters. The number of benzene rings is 2. The van der Waals surface area contributed by atoms with Gasteiger partial charge in [0.05, 0.1) is 22.9 Å². The molecule has 0 bridgehead atoms. The van der Waals surface area contributed by atoms with Crippen molar-refractivity contribution in [1.29, 1.82) is 0 Å². The molecule has 0 N–H and O–H groups in total. The Hall–Kier alpha value is -3.16. The third-order valence-corrected chi connectivity index (χ3v) is 6.66. The van der Waals surface area contributed by atoms with Crippen molar-refractivity contribution in [2.24, 2.45) is 4.99 Å². The summed E-state index contributed by atoms with van der Waals surface area (Å²) in [5.74, 6) is -0.537. The highest BCUT2D eigenvalue weighted by atomic mass is 35.5. The van der Waals surface area contributed by atoms with Crippen molar-refractivity contribution in [2.75, 3.05) is 26.1 Å². The van der Waals surface area contributed by atoms with E-state index < -0.39 is 12.0 Å². The van der Waals surface area contributed by atoms with Crippen molar-refractivity contribution < 1.29 is 9.53 Å². The number of aromatic nitrogens is 1. The molecule has 1 atom stereocenters. The van der Waals surface area contributed by atoms with E-state index in [4.69, 9.17) is 16.3 Å². The molecule has 1 aliphatic heterocycles. The van der Waals surface area contributed by atoms with Gasteiger partial charge in [0.2, 0.25) is 0 Å². The minimum Gasteiger partial charge on any atom is -0.466 e. The summed E-state index contributed by atoms with van der Waals surface area (Å²) >= 11 is 7.77. The zero-order chi connectivity index (χ0) is 23.0. The molecule has 3 aromatic rings. The summed E-state index contributed by atoms with van der Waals surface area (Å²) in [5.41, 5.74) is 3.19. The molecule has 2 heterocycles. The second-order valence-corrected chi connectivity index (χ2v) is 9.00. The lowest BCUT2D eigenvalue weighted by Crippen LogP contribution is -2.39. The van der Waals surface area contributed by atoms with Crippen molar-refractivity contribution in [3.63, 3.8) is 0 Å². The minimum absolute atomic E-state index is 0.232. The van der Waals surface area contributed by atoms with Gasteiger partial charge in [0.1, 0.15) is 6.04 Å². The number of hydrogen-bond donors (Lipinski definition) is 0. The molecule has 6 nitrogen and oxygen atoms in total. The molecule has 0 spiro atoms. The maximum Gasteiger partial charge on any atom is 0.338 e. The van der Waals surface area contributed by atoms with E-state index in [1.165, 1.54) is 23.0 Å². The molecule has 0 radical (unpaired) electrons. The van der Waals surface area contributed by atoms with Crippen LogP contribution in [-0.2, 0) is 9.53 Å². The Morgan fingerprint density at radius 2 is 1.88 bits per heavy atom. The molecule has 2 aromatic carbocycles. The van der Waals surface area contributed by atoms with Crippen molar-refractivity contribution in [1.82, 2.24) is 4.57 Å². The second-order valence-electron chi connectivity index (χ2n) is 7.58. The van der Waals surface area contributed by atoms with Crippen LogP contribution in [0.15, 0.2) is 69.6 Å². The lowest BCUT2D eigenvalue weighted by Gasteiger charge is -2.25. The Bertz CT molecular complexity index is 1400. The average Bonchev–Trinajstić information content (AvgIpc) is 3.07. The Morgan fingerprint density at radius 3 is 2.50 bits per heavy atom. The number of thiazole rings is 1. The van der Waals surface area contributed by atoms with Crippen LogP contribution in [-0.4, -0.2) is 31.7 Å². The average molecular weight is 468 g/mol. The molecule has 0 saturated heterocycles. The number of nitrogens with zero attached hydrogens (tertiary/aromatic N) is 3. The summed E-state index contributed by atoms with van der Waals surface area (Å²) in [6, 6.07) is 14.4. The zero-order valence-electron chi connectivity index (χ0n) is 18.1. The number of carbonyl (C=O) groups is 1. The highest BCUT2D eigenvalue weighted by molar-refractivity contribution is 7.07. The fourth-order valence-electron chi connectivity index (χ4n) is 3.70. The first kappa shape index (κ1) is 22.0. The van der Waals surface area contributed by atoms with Crippen molar-refractivity contribution >= 4 is 40.7 Å². The normalized spacial score (nSPS) is 15.9. The molecular weight excluding hydrogens is 446 g/mol. The second kappa shape index (κ2) is 8.76. The number of allylic oxidation sites excluding steroid dienone is 1. The first-order valence-electron chi connectivity index (χ1n) is 9.94. The number of anilines is 1. The molecule has 0 saturated carbocycles. The van der Waals surface area contributed by atoms with Gasteiger partial charge in [-0.25, -0.2) is 9.79 Å². The van der Waals surface area contributed by atoms with E-state index in [1.807, 2.05) is 61.5 Å². The lowest BCUT2D eigenvalue weighted by molar-refractivity contribution is -0.136. The van der Waals surface area contributed by atoms with E-state index in [2.05, 4.69) is 4.99 Å². The van der Waals surface area contributed by atoms with E-state index >= 15 is 0 Å². The maximum atomic E-state index is 13.5. The number of carbonyl (C=O) groups excluding carboxylic acids is 1. The minimum atomic E-state index is -0.717. The summed E-state index contributed by atoms with van der Waals surface area (Å²) in [6.45, 7) is 1.74. The van der Waals surface area contributed by atoms with E-state index in [0.29, 0.717) is 31.2 Å². The van der Waals surface area contributed by atoms with Crippen LogP contribution in [0, 0.1) is 0 Å². The fraction of sp³-hybridized carbons (Fsp3) is 0.208. The van der Waals surface area contributed by atoms with Gasteiger partial charge in [-0.1, -0.05) is 53.3 Å². The van der Waals surface area contributed by atoms with Crippen molar-refractivity contribution in [3.8, 4) is 0 Å². The highest BCUT2D eigenvalue weighted by Gasteiger charge is 2.34. The smallest absolute Gasteiger partial charge is 0.338 e. The molecule has 1 aliphatic rings. The zero-order valence-corrected chi connectivity index (χ0v) is 19.7. The number of hydrogen-bond acceptors (Lipinski definition) is 6. The SMILES string of the molecule is COC(=O)C1=C(C)N=c2s/c(=C/c3ccc(N(C)C)cc3)c(=O)n2C1c1ccccc1Cl. The highest BCUT2D eigenvalue weighted by Crippen LogP contribution is 2.34. The Labute approximate surface area is 194 Å². The third-order valence-electron chi connectivity index (χ3n) is 5.33. The van der Waals surface area contributed by atoms with Crippen LogP contribution in [0.3, 0.4) is 0 Å². The Balaban J connectivity index is 1.93. The van der Waals surface area contributed by atoms with Crippen LogP contribution < -0.4 is 19.8 Å². The maximum absolute atomic E-state index is 13.5. The number of esters is 1. The number of halogens is 1. The quantitative estimate of drug-likeness (QED) is 0.553. The van der Waals surface area contributed by atoms with Crippen molar-refractivity contribution in [2.45, 2.75) is 13.0 Å². The largest absolute Gasteiger partial charge is 0.466 e. The number of ether oxygens (including phenoxy) is 1. The van der Waals surface area contributed by atoms with Gasteiger partial charge in [0, 0.05) is 24.8 Å². The monoisotopic (exact) mass is 467 g/mol. The van der Waals surface area contributed by atoms with Gasteiger partial charge in [-0.05, 0) is 42.3 Å². The van der Waals surface area contributed by atoms with Crippen molar-refractivity contribution in [3.05, 3.63) is 95.6 Å². The van der Waals surface area contributed by atoms with Crippen LogP contribution in [0.2, 0.25) is 5.02 Å². The molecule has 0 aliphatic carbocycles. The molecule has 0 amide bonds. The summed E-state index contributed by atoms with van der Waals surface area (Å²) in [5, 5.41) is 0.461. The Morgan fingerprint density at radius 1 is 1.19 bits per heavy atom. The molecule has 4 rings (SSSR count). The van der Waals surface area contributed by atoms with Gasteiger partial charge in [-0.2, -0.15) is 0 Å². The van der Waals surface area contributed by atoms with Crippen LogP contribution in [0.25, 0.3) is 6.08 Å². The first-order chi connectivity index (χ1) is 15.3. The van der Waals surface area contributed by atoms with Crippen LogP contribution >= 0.6 is 22.9 Å². The molecule has 0 fully saturated rings. The summed E-state index contributed by atoms with van der Waals surface area (Å²) in [4.78, 5) is 33.3. The topological polar surface area (TPSA) is 63.9 Å². The van der Waals surface area contributed by atoms with Gasteiger partial charge in [0.15, 0.2) is 4.80 Å². The Kier molecular flexibility index (Phi) is 6.04. The lowest BCUT2D eigenvalue weighted by atomic mass is 9.96. The van der Waals surface area contributed by atoms with Gasteiger partial charge in [-0.15, -0.1) is 0 Å². The van der Waals surface area contributed by atoms with E-state index in [0.717, 1.165) is 11.3 Å². The third kappa shape index (κ3) is 3.89. The van der Waals surface area contributed by atoms with E-state index in [1.54, 1.807) is 19.1 Å². The molecule has 1 aromatic heterocycles. The van der Waals surface area contributed by atoms with E-state index in [9.17, 15) is 9.59 Å². The summed E-state index contributed by atoms with van der Waals surface area (Å²) in [6.07, 6.45) is 1.84. The number of methoxy groups -OCH3 is 1. The first-order valence-corrected chi connectivity index (χ1v) is 11.1. The van der Waals surface area contributed by atoms with Crippen LogP contribution in [0.5, 0.6) is 0 Å². The fourth-order valence-corrected chi connectivity index (χ4v) is 4.99. The van der Waals surface area contributed by atoms with Gasteiger partial charge >= 0.3 is 5.97 Å². The van der Waals surface area contributed by atoms with Crippen LogP contribution in [0.4, 0.5) is 5.69 Å². The molecule has 8 heteroatoms. The molecule has 32 heavy (non-hydrogen) atoms. The predicted molar refractivity (Wildman–Crippen MR) is 128 cm³/mol. The summed E-state index contributed by atoms with van der Waals surface area (Å²) in [7, 11) is 5.26. The molecule has 164 valence electrons. The van der Waals surface area contributed by atoms with Gasteiger partial charge in [-0.3, -0.25) is 9.36 Å². The van der Waals surface area contributed by atoms with Gasteiger partial charge in [0.25, 0.3) is 5.56 Å². The number of rotatable bonds is 4.